The summed E-state index contributed by atoms with van der Waals surface area (Å²) in [5.74, 6) is -0.731. The van der Waals surface area contributed by atoms with Gasteiger partial charge in [0.2, 0.25) is 5.82 Å². The van der Waals surface area contributed by atoms with Crippen LogP contribution in [0.5, 0.6) is 0 Å². The van der Waals surface area contributed by atoms with E-state index in [0.717, 1.165) is 22.3 Å². The van der Waals surface area contributed by atoms with E-state index in [9.17, 15) is 9.59 Å². The van der Waals surface area contributed by atoms with Crippen LogP contribution in [0.25, 0.3) is 11.1 Å². The summed E-state index contributed by atoms with van der Waals surface area (Å²) in [4.78, 5) is 25.3. The maximum atomic E-state index is 13.1. The number of aromatic nitrogens is 4. The van der Waals surface area contributed by atoms with E-state index in [1.165, 1.54) is 4.68 Å². The van der Waals surface area contributed by atoms with Crippen LogP contribution in [0.4, 0.5) is 0 Å². The summed E-state index contributed by atoms with van der Waals surface area (Å²) in [5, 5.41) is 14.5. The molecule has 8 heteroatoms. The molecule has 0 radical (unpaired) electrons. The first-order valence-corrected chi connectivity index (χ1v) is 11.5. The largest absolute Gasteiger partial charge is 0.466 e. The molecule has 0 aliphatic carbocycles. The van der Waals surface area contributed by atoms with E-state index in [0.29, 0.717) is 13.0 Å². The summed E-state index contributed by atoms with van der Waals surface area (Å²) < 4.78 is 6.57. The maximum absolute atomic E-state index is 13.1. The van der Waals surface area contributed by atoms with Gasteiger partial charge in [0.05, 0.1) is 19.6 Å². The first kappa shape index (κ1) is 23.8. The minimum Gasteiger partial charge on any atom is -0.466 e. The van der Waals surface area contributed by atoms with Gasteiger partial charge in [0.1, 0.15) is 0 Å². The fraction of sp³-hybridized carbons (Fsp3) is 0.222. The summed E-state index contributed by atoms with van der Waals surface area (Å²) >= 11 is 0. The van der Waals surface area contributed by atoms with Crippen molar-refractivity contribution in [2.24, 2.45) is 0 Å². The molecule has 8 nitrogen and oxygen atoms in total. The Bertz CT molecular complexity index is 1240. The first-order valence-electron chi connectivity index (χ1n) is 11.5. The Kier molecular flexibility index (Phi) is 7.96. The van der Waals surface area contributed by atoms with Gasteiger partial charge < -0.3 is 10.1 Å². The number of ether oxygens (including phenoxy) is 1. The second kappa shape index (κ2) is 11.7. The van der Waals surface area contributed by atoms with E-state index < -0.39 is 11.9 Å². The molecule has 1 unspecified atom stereocenters. The number of carbonyl (C=O) groups excluding carboxylic acids is 2. The molecule has 1 atom stereocenters. The number of nitrogens with zero attached hydrogens (tertiary/aromatic N) is 4. The number of rotatable bonds is 10. The second-order valence-corrected chi connectivity index (χ2v) is 8.09. The molecule has 0 aliphatic rings. The van der Waals surface area contributed by atoms with Crippen molar-refractivity contribution >= 4 is 11.9 Å². The van der Waals surface area contributed by atoms with Gasteiger partial charge in [-0.2, -0.15) is 0 Å². The van der Waals surface area contributed by atoms with Crippen LogP contribution < -0.4 is 5.32 Å². The molecule has 0 saturated carbocycles. The molecule has 0 bridgehead atoms. The summed E-state index contributed by atoms with van der Waals surface area (Å²) in [5.41, 5.74) is 4.18. The molecule has 35 heavy (non-hydrogen) atoms. The molecule has 0 saturated heterocycles. The van der Waals surface area contributed by atoms with E-state index in [-0.39, 0.29) is 24.8 Å². The molecule has 0 aliphatic heterocycles. The molecule has 1 N–H and O–H groups in total. The average molecular weight is 470 g/mol. The third-order valence-corrected chi connectivity index (χ3v) is 5.51. The molecule has 1 heterocycles. The van der Waals surface area contributed by atoms with Gasteiger partial charge in [0.25, 0.3) is 5.91 Å². The SMILES string of the molecule is CCOC(=O)CC(Cc1ccc(-c2ccccc2)cc1)NC(=O)c1nnnn1Cc1ccccc1. The van der Waals surface area contributed by atoms with Gasteiger partial charge in [-0.15, -0.1) is 5.10 Å². The maximum Gasteiger partial charge on any atom is 0.307 e. The lowest BCUT2D eigenvalue weighted by molar-refractivity contribution is -0.143. The summed E-state index contributed by atoms with van der Waals surface area (Å²) in [6, 6.07) is 27.3. The molecule has 178 valence electrons. The Labute approximate surface area is 203 Å². The number of nitrogens with one attached hydrogen (secondary N) is 1. The normalized spacial score (nSPS) is 11.6. The molecule has 1 amide bonds. The highest BCUT2D eigenvalue weighted by molar-refractivity contribution is 5.91. The zero-order valence-corrected chi connectivity index (χ0v) is 19.5. The predicted octanol–water partition coefficient (Wildman–Crippen LogP) is 3.68. The third-order valence-electron chi connectivity index (χ3n) is 5.51. The van der Waals surface area contributed by atoms with Crippen molar-refractivity contribution in [3.05, 3.63) is 102 Å². The Hall–Kier alpha value is -4.33. The third kappa shape index (κ3) is 6.60. The average Bonchev–Trinajstić information content (AvgIpc) is 3.34. The fourth-order valence-electron chi connectivity index (χ4n) is 3.82. The van der Waals surface area contributed by atoms with Crippen molar-refractivity contribution in [3.8, 4) is 11.1 Å². The lowest BCUT2D eigenvalue weighted by atomic mass is 9.99. The van der Waals surface area contributed by atoms with Crippen molar-refractivity contribution < 1.29 is 14.3 Å². The van der Waals surface area contributed by atoms with Crippen molar-refractivity contribution in [3.63, 3.8) is 0 Å². The number of hydrogen-bond acceptors (Lipinski definition) is 6. The number of carbonyl (C=O) groups is 2. The Morgan fingerprint density at radius 2 is 1.54 bits per heavy atom. The van der Waals surface area contributed by atoms with Gasteiger partial charge in [0, 0.05) is 6.04 Å². The molecule has 1 aromatic heterocycles. The van der Waals surface area contributed by atoms with Gasteiger partial charge >= 0.3 is 5.97 Å². The molecule has 0 spiro atoms. The number of benzene rings is 3. The topological polar surface area (TPSA) is 99.0 Å². The van der Waals surface area contributed by atoms with Gasteiger partial charge in [-0.3, -0.25) is 9.59 Å². The van der Waals surface area contributed by atoms with Crippen molar-refractivity contribution in [1.82, 2.24) is 25.5 Å². The monoisotopic (exact) mass is 469 g/mol. The Morgan fingerprint density at radius 3 is 2.23 bits per heavy atom. The van der Waals surface area contributed by atoms with Crippen LogP contribution in [-0.4, -0.2) is 44.7 Å². The van der Waals surface area contributed by atoms with Gasteiger partial charge in [-0.05, 0) is 46.0 Å². The van der Waals surface area contributed by atoms with Crippen molar-refractivity contribution in [2.45, 2.75) is 32.4 Å². The highest BCUT2D eigenvalue weighted by atomic mass is 16.5. The van der Waals surface area contributed by atoms with Crippen molar-refractivity contribution in [1.29, 1.82) is 0 Å². The van der Waals surface area contributed by atoms with Crippen LogP contribution in [0, 0.1) is 0 Å². The van der Waals surface area contributed by atoms with Crippen LogP contribution in [0.15, 0.2) is 84.9 Å². The molecule has 3 aromatic carbocycles. The standard InChI is InChI=1S/C27H27N5O3/c1-2-35-25(33)18-24(17-20-13-15-23(16-14-20)22-11-7-4-8-12-22)28-27(34)26-29-30-31-32(26)19-21-9-5-3-6-10-21/h3-16,24H,2,17-19H2,1H3,(H,28,34). The highest BCUT2D eigenvalue weighted by Crippen LogP contribution is 2.20. The first-order chi connectivity index (χ1) is 17.1. The molecular weight excluding hydrogens is 442 g/mol. The zero-order valence-electron chi connectivity index (χ0n) is 19.5. The lowest BCUT2D eigenvalue weighted by Crippen LogP contribution is -2.39. The summed E-state index contributed by atoms with van der Waals surface area (Å²) in [6.07, 6.45) is 0.500. The Morgan fingerprint density at radius 1 is 0.886 bits per heavy atom. The summed E-state index contributed by atoms with van der Waals surface area (Å²) in [7, 11) is 0. The van der Waals surface area contributed by atoms with Crippen LogP contribution in [0.3, 0.4) is 0 Å². The highest BCUT2D eigenvalue weighted by Gasteiger charge is 2.22. The lowest BCUT2D eigenvalue weighted by Gasteiger charge is -2.18. The number of tetrazole rings is 1. The van der Waals surface area contributed by atoms with Gasteiger partial charge in [-0.1, -0.05) is 84.9 Å². The minimum atomic E-state index is -0.481. The number of amides is 1. The Balaban J connectivity index is 1.48. The van der Waals surface area contributed by atoms with E-state index >= 15 is 0 Å². The minimum absolute atomic E-state index is 0.0419. The zero-order chi connectivity index (χ0) is 24.5. The van der Waals surface area contributed by atoms with Gasteiger partial charge in [-0.25, -0.2) is 4.68 Å². The van der Waals surface area contributed by atoms with Crippen LogP contribution >= 0.6 is 0 Å². The molecule has 4 rings (SSSR count). The van der Waals surface area contributed by atoms with E-state index in [1.807, 2.05) is 72.8 Å². The second-order valence-electron chi connectivity index (χ2n) is 8.09. The summed E-state index contributed by atoms with van der Waals surface area (Å²) in [6.45, 7) is 2.40. The number of hydrogen-bond donors (Lipinski definition) is 1. The number of esters is 1. The predicted molar refractivity (Wildman–Crippen MR) is 131 cm³/mol. The fourth-order valence-corrected chi connectivity index (χ4v) is 3.82. The molecule has 0 fully saturated rings. The van der Waals surface area contributed by atoms with Gasteiger partial charge in [0.15, 0.2) is 0 Å². The van der Waals surface area contributed by atoms with Crippen LogP contribution in [-0.2, 0) is 22.5 Å². The molecule has 4 aromatic rings. The van der Waals surface area contributed by atoms with E-state index in [4.69, 9.17) is 4.74 Å². The van der Waals surface area contributed by atoms with Crippen molar-refractivity contribution in [2.75, 3.05) is 6.61 Å². The van der Waals surface area contributed by atoms with E-state index in [2.05, 4.69) is 33.0 Å². The quantitative estimate of drug-likeness (QED) is 0.356. The smallest absolute Gasteiger partial charge is 0.307 e. The van der Waals surface area contributed by atoms with Crippen LogP contribution in [0.2, 0.25) is 0 Å². The van der Waals surface area contributed by atoms with Crippen LogP contribution in [0.1, 0.15) is 35.1 Å². The van der Waals surface area contributed by atoms with E-state index in [1.54, 1.807) is 6.92 Å². The molecular formula is C27H27N5O3.